The van der Waals surface area contributed by atoms with Crippen LogP contribution in [0.2, 0.25) is 0 Å². The Labute approximate surface area is 95.1 Å². The molecule has 1 aliphatic heterocycles. The lowest BCUT2D eigenvalue weighted by molar-refractivity contribution is -0.138. The van der Waals surface area contributed by atoms with E-state index >= 15 is 0 Å². The predicted molar refractivity (Wildman–Crippen MR) is 60.0 cm³/mol. The van der Waals surface area contributed by atoms with Crippen molar-refractivity contribution in [1.82, 2.24) is 10.2 Å². The third-order valence-electron chi connectivity index (χ3n) is 2.67. The highest BCUT2D eigenvalue weighted by atomic mass is 16.4. The number of likely N-dealkylation sites (tertiary alicyclic amines) is 1. The Kier molecular flexibility index (Phi) is 4.98. The number of carboxylic acid groups (broad SMARTS) is 1. The predicted octanol–water partition coefficient (Wildman–Crippen LogP) is 0.0852. The van der Waals surface area contributed by atoms with Crippen LogP contribution in [0.5, 0.6) is 0 Å². The Hall–Kier alpha value is -1.36. The average Bonchev–Trinajstić information content (AvgIpc) is 2.65. The smallest absolute Gasteiger partial charge is 0.303 e. The fourth-order valence-corrected chi connectivity index (χ4v) is 1.87. The molecule has 90 valence electrons. The van der Waals surface area contributed by atoms with Gasteiger partial charge in [0.25, 0.3) is 0 Å². The summed E-state index contributed by atoms with van der Waals surface area (Å²) < 4.78 is 0. The molecule has 0 radical (unpaired) electrons. The number of nitrogens with one attached hydrogen (secondary N) is 1. The molecule has 0 aromatic heterocycles. The molecule has 1 rings (SSSR count). The first kappa shape index (κ1) is 12.7. The molecule has 1 amide bonds. The lowest BCUT2D eigenvalue weighted by atomic mass is 10.1. The first-order valence-corrected chi connectivity index (χ1v) is 5.44. The van der Waals surface area contributed by atoms with Gasteiger partial charge in [-0.15, -0.1) is 6.58 Å². The van der Waals surface area contributed by atoms with Crippen molar-refractivity contribution in [2.75, 3.05) is 26.2 Å². The number of aliphatic carboxylic acids is 1. The SMILES string of the molecule is C=CCNCC(=O)N1CCC(CC(=O)O)C1. The first-order chi connectivity index (χ1) is 7.63. The standard InChI is InChI=1S/C11H18N2O3/c1-2-4-12-7-10(14)13-5-3-9(8-13)6-11(15)16/h2,9,12H,1,3-8H2,(H,15,16). The Bertz CT molecular complexity index is 278. The van der Waals surface area contributed by atoms with Gasteiger partial charge in [-0.05, 0) is 12.3 Å². The van der Waals surface area contributed by atoms with Gasteiger partial charge in [0.15, 0.2) is 0 Å². The molecule has 1 aliphatic rings. The van der Waals surface area contributed by atoms with Crippen molar-refractivity contribution < 1.29 is 14.7 Å². The highest BCUT2D eigenvalue weighted by Gasteiger charge is 2.27. The minimum absolute atomic E-state index is 0.0368. The van der Waals surface area contributed by atoms with E-state index in [2.05, 4.69) is 11.9 Å². The van der Waals surface area contributed by atoms with Crippen molar-refractivity contribution in [3.8, 4) is 0 Å². The number of hydrogen-bond donors (Lipinski definition) is 2. The summed E-state index contributed by atoms with van der Waals surface area (Å²) in [7, 11) is 0. The molecule has 0 spiro atoms. The van der Waals surface area contributed by atoms with Gasteiger partial charge in [0.1, 0.15) is 0 Å². The molecule has 0 aromatic rings. The molecular formula is C11H18N2O3. The average molecular weight is 226 g/mol. The van der Waals surface area contributed by atoms with Gasteiger partial charge in [-0.2, -0.15) is 0 Å². The molecule has 0 saturated carbocycles. The van der Waals surface area contributed by atoms with E-state index < -0.39 is 5.97 Å². The van der Waals surface area contributed by atoms with Crippen LogP contribution in [0, 0.1) is 5.92 Å². The topological polar surface area (TPSA) is 69.6 Å². The largest absolute Gasteiger partial charge is 0.481 e. The van der Waals surface area contributed by atoms with E-state index in [1.807, 2.05) is 0 Å². The zero-order chi connectivity index (χ0) is 12.0. The van der Waals surface area contributed by atoms with Crippen LogP contribution in [0.1, 0.15) is 12.8 Å². The van der Waals surface area contributed by atoms with Crippen molar-refractivity contribution >= 4 is 11.9 Å². The van der Waals surface area contributed by atoms with Gasteiger partial charge >= 0.3 is 5.97 Å². The second-order valence-electron chi connectivity index (χ2n) is 4.01. The summed E-state index contributed by atoms with van der Waals surface area (Å²) in [5, 5.41) is 11.6. The number of hydrogen-bond acceptors (Lipinski definition) is 3. The zero-order valence-corrected chi connectivity index (χ0v) is 9.32. The van der Waals surface area contributed by atoms with Gasteiger partial charge < -0.3 is 15.3 Å². The summed E-state index contributed by atoms with van der Waals surface area (Å²) in [6, 6.07) is 0. The number of amides is 1. The summed E-state index contributed by atoms with van der Waals surface area (Å²) in [6.07, 6.45) is 2.65. The van der Waals surface area contributed by atoms with E-state index in [1.165, 1.54) is 0 Å². The fourth-order valence-electron chi connectivity index (χ4n) is 1.87. The molecular weight excluding hydrogens is 208 g/mol. The maximum absolute atomic E-state index is 11.6. The van der Waals surface area contributed by atoms with Crippen LogP contribution in [0.15, 0.2) is 12.7 Å². The monoisotopic (exact) mass is 226 g/mol. The minimum Gasteiger partial charge on any atom is -0.481 e. The molecule has 1 saturated heterocycles. The number of rotatable bonds is 6. The maximum Gasteiger partial charge on any atom is 0.303 e. The molecule has 2 N–H and O–H groups in total. The highest BCUT2D eigenvalue weighted by Crippen LogP contribution is 2.19. The Morgan fingerprint density at radius 1 is 1.56 bits per heavy atom. The lowest BCUT2D eigenvalue weighted by Crippen LogP contribution is -2.36. The number of carbonyl (C=O) groups excluding carboxylic acids is 1. The third-order valence-corrected chi connectivity index (χ3v) is 2.67. The lowest BCUT2D eigenvalue weighted by Gasteiger charge is -2.16. The van der Waals surface area contributed by atoms with Crippen molar-refractivity contribution in [2.24, 2.45) is 5.92 Å². The van der Waals surface area contributed by atoms with Gasteiger partial charge in [0.2, 0.25) is 5.91 Å². The fraction of sp³-hybridized carbons (Fsp3) is 0.636. The molecule has 0 aromatic carbocycles. The second kappa shape index (κ2) is 6.27. The highest BCUT2D eigenvalue weighted by molar-refractivity contribution is 5.78. The molecule has 1 atom stereocenters. The molecule has 1 heterocycles. The molecule has 1 unspecified atom stereocenters. The Morgan fingerprint density at radius 2 is 2.31 bits per heavy atom. The summed E-state index contributed by atoms with van der Waals surface area (Å²) in [6.45, 7) is 5.70. The number of nitrogens with zero attached hydrogens (tertiary/aromatic N) is 1. The van der Waals surface area contributed by atoms with Crippen LogP contribution in [0.3, 0.4) is 0 Å². The van der Waals surface area contributed by atoms with Gasteiger partial charge in [0, 0.05) is 26.1 Å². The summed E-state index contributed by atoms with van der Waals surface area (Å²) in [5.41, 5.74) is 0. The van der Waals surface area contributed by atoms with E-state index in [1.54, 1.807) is 11.0 Å². The van der Waals surface area contributed by atoms with Crippen LogP contribution < -0.4 is 5.32 Å². The van der Waals surface area contributed by atoms with Crippen LogP contribution in [0.4, 0.5) is 0 Å². The van der Waals surface area contributed by atoms with Gasteiger partial charge in [-0.3, -0.25) is 9.59 Å². The number of carboxylic acids is 1. The summed E-state index contributed by atoms with van der Waals surface area (Å²) in [4.78, 5) is 23.9. The van der Waals surface area contributed by atoms with Crippen molar-refractivity contribution in [2.45, 2.75) is 12.8 Å². The van der Waals surface area contributed by atoms with Gasteiger partial charge in [0.05, 0.1) is 6.54 Å². The van der Waals surface area contributed by atoms with Crippen molar-refractivity contribution in [1.29, 1.82) is 0 Å². The Balaban J connectivity index is 2.26. The quantitative estimate of drug-likeness (QED) is 0.497. The summed E-state index contributed by atoms with van der Waals surface area (Å²) in [5.74, 6) is -0.639. The number of carbonyl (C=O) groups is 2. The van der Waals surface area contributed by atoms with E-state index in [9.17, 15) is 9.59 Å². The van der Waals surface area contributed by atoms with Gasteiger partial charge in [-0.25, -0.2) is 0 Å². The molecule has 0 bridgehead atoms. The van der Waals surface area contributed by atoms with Crippen LogP contribution in [-0.2, 0) is 9.59 Å². The summed E-state index contributed by atoms with van der Waals surface area (Å²) >= 11 is 0. The third kappa shape index (κ3) is 4.02. The van der Waals surface area contributed by atoms with Crippen LogP contribution in [-0.4, -0.2) is 48.1 Å². The normalized spacial score (nSPS) is 19.8. The van der Waals surface area contributed by atoms with E-state index in [0.29, 0.717) is 26.2 Å². The molecule has 1 fully saturated rings. The molecule has 16 heavy (non-hydrogen) atoms. The second-order valence-corrected chi connectivity index (χ2v) is 4.01. The van der Waals surface area contributed by atoms with Crippen molar-refractivity contribution in [3.05, 3.63) is 12.7 Å². The van der Waals surface area contributed by atoms with E-state index in [4.69, 9.17) is 5.11 Å². The molecule has 0 aliphatic carbocycles. The van der Waals surface area contributed by atoms with E-state index in [-0.39, 0.29) is 18.2 Å². The van der Waals surface area contributed by atoms with Crippen molar-refractivity contribution in [3.63, 3.8) is 0 Å². The minimum atomic E-state index is -0.788. The Morgan fingerprint density at radius 3 is 2.94 bits per heavy atom. The maximum atomic E-state index is 11.6. The first-order valence-electron chi connectivity index (χ1n) is 5.44. The van der Waals surface area contributed by atoms with Gasteiger partial charge in [-0.1, -0.05) is 6.08 Å². The van der Waals surface area contributed by atoms with Crippen LogP contribution >= 0.6 is 0 Å². The molecule has 5 nitrogen and oxygen atoms in total. The zero-order valence-electron chi connectivity index (χ0n) is 9.32. The molecule has 5 heteroatoms. The van der Waals surface area contributed by atoms with E-state index in [0.717, 1.165) is 6.42 Å². The van der Waals surface area contributed by atoms with Crippen LogP contribution in [0.25, 0.3) is 0 Å².